The van der Waals surface area contributed by atoms with Crippen molar-refractivity contribution in [2.45, 2.75) is 451 Å². The highest BCUT2D eigenvalue weighted by Crippen LogP contribution is 2.39. The average Bonchev–Trinajstić information content (AvgIpc) is 0.802. The molecule has 0 nitrogen and oxygen atoms in total. The Morgan fingerprint density at radius 2 is 0.252 bits per heavy atom. The van der Waals surface area contributed by atoms with Gasteiger partial charge in [0.1, 0.15) is 0 Å². The van der Waals surface area contributed by atoms with E-state index in [4.69, 9.17) is 0 Å². The van der Waals surface area contributed by atoms with Crippen LogP contribution < -0.4 is 0 Å². The molecule has 0 radical (unpaired) electrons. The maximum Gasteiger partial charge on any atom is -0.00199 e. The van der Waals surface area contributed by atoms with Gasteiger partial charge in [-0.1, -0.05) is 648 Å². The van der Waals surface area contributed by atoms with E-state index in [1.807, 2.05) is 0 Å². The molecule has 0 heterocycles. The highest BCUT2D eigenvalue weighted by Gasteiger charge is 2.29. The molecule has 0 spiro atoms. The molecule has 0 aromatic heterocycles. The summed E-state index contributed by atoms with van der Waals surface area (Å²) in [5, 5.41) is 0. The van der Waals surface area contributed by atoms with Crippen molar-refractivity contribution in [2.24, 2.45) is 0 Å². The molecule has 147 heavy (non-hydrogen) atoms. The van der Waals surface area contributed by atoms with E-state index in [9.17, 15) is 0 Å². The molecule has 0 aliphatic carbocycles. The van der Waals surface area contributed by atoms with Gasteiger partial charge >= 0.3 is 0 Å². The summed E-state index contributed by atoms with van der Waals surface area (Å²) in [5.74, 6) is 0. The SMILES string of the molecule is CC(C)(C)c1ccc(C(C)(C)C)cc1.CC(C)(C)c1ccc(Cc2ccc(C(C)(C)C)cc2)cc1.CC(C)(C)c1ccc(Cc2cccc(C(C)(C)C)c2)cc1.CC(C)(C)c1ccc(Cc2ccccc2C(C)(C)C)cc1.CC(C)(C)c1cccc(C(C)(C)C)c1.CC(C)(C)c1cccc(Cc2cccc(C(C)(C)C)c2)c1.CC(C)(C)c1ccccc1C(C)(C)C.CC(C)(C)c1ccccc1Cc1ccccc1C(C)(C)C. The molecule has 0 saturated heterocycles. The van der Waals surface area contributed by atoms with Crippen molar-refractivity contribution in [1.82, 2.24) is 0 Å². The number of hydrogen-bond acceptors (Lipinski definition) is 0. The second-order valence-electron chi connectivity index (χ2n) is 58.4. The third-order valence-electron chi connectivity index (χ3n) is 27.9. The number of hydrogen-bond donors (Lipinski definition) is 0. The van der Waals surface area contributed by atoms with Gasteiger partial charge < -0.3 is 0 Å². The molecule has 0 atom stereocenters. The van der Waals surface area contributed by atoms with Gasteiger partial charge in [0, 0.05) is 0 Å². The lowest BCUT2D eigenvalue weighted by molar-refractivity contribution is 0.530. The van der Waals surface area contributed by atoms with Gasteiger partial charge in [0.25, 0.3) is 0 Å². The summed E-state index contributed by atoms with van der Waals surface area (Å²) in [6, 6.07) is 117. The minimum absolute atomic E-state index is 0.188. The zero-order valence-electron chi connectivity index (χ0n) is 103. The summed E-state index contributed by atoms with van der Waals surface area (Å²) in [6.07, 6.45) is 5.05. The third kappa shape index (κ3) is 42.3. The lowest BCUT2D eigenvalue weighted by atomic mass is 9.75. The van der Waals surface area contributed by atoms with E-state index in [0.717, 1.165) is 32.1 Å². The van der Waals surface area contributed by atoms with Gasteiger partial charge in [0.2, 0.25) is 0 Å². The maximum absolute atomic E-state index is 2.35. The summed E-state index contributed by atoms with van der Waals surface area (Å²) in [6.45, 7) is 109. The molecule has 0 bridgehead atoms. The first-order chi connectivity index (χ1) is 67.0. The molecule has 0 N–H and O–H groups in total. The topological polar surface area (TPSA) is 0 Å². The van der Waals surface area contributed by atoms with E-state index in [-0.39, 0.29) is 86.6 Å². The molecular formula is C147H206. The number of benzene rings is 13. The largest absolute Gasteiger partial charge is 0.0620 e. The van der Waals surface area contributed by atoms with Crippen LogP contribution in [0.5, 0.6) is 0 Å². The zero-order chi connectivity index (χ0) is 111. The van der Waals surface area contributed by atoms with E-state index in [1.165, 1.54) is 145 Å². The highest BCUT2D eigenvalue weighted by atomic mass is 14.3. The van der Waals surface area contributed by atoms with Crippen LogP contribution >= 0.6 is 0 Å². The Balaban J connectivity index is 0.000000258. The van der Waals surface area contributed by atoms with Crippen LogP contribution in [0.15, 0.2) is 315 Å². The van der Waals surface area contributed by atoms with Gasteiger partial charge in [-0.2, -0.15) is 0 Å². The molecule has 13 aromatic rings. The van der Waals surface area contributed by atoms with Crippen molar-refractivity contribution < 1.29 is 0 Å². The van der Waals surface area contributed by atoms with Gasteiger partial charge in [-0.3, -0.25) is 0 Å². The van der Waals surface area contributed by atoms with Crippen molar-refractivity contribution in [3.05, 3.63) is 460 Å². The van der Waals surface area contributed by atoms with Crippen LogP contribution in [0, 0.1) is 0 Å². The van der Waals surface area contributed by atoms with Gasteiger partial charge in [0.15, 0.2) is 0 Å². The molecule has 13 aromatic carbocycles. The lowest BCUT2D eigenvalue weighted by Crippen LogP contribution is -2.21. The third-order valence-corrected chi connectivity index (χ3v) is 27.9. The Bertz CT molecular complexity index is 5880. The van der Waals surface area contributed by atoms with Crippen molar-refractivity contribution in [2.75, 3.05) is 0 Å². The standard InChI is InChI=1S/5C21H28.3C14H22/c1-20(2,3)18-11-7-16(8-12-18)15-17-9-13-19(14-10-17)21(4,5)6;1-20(2,3)18-11-7-9-16(14-18)13-17-10-8-12-19(15-17)21(4,5)6;1-20(2,3)18-13-9-7-11-16(18)15-17-12-8-10-14-19(17)21(4,5)6;1-20(2,3)18-12-10-16(11-13-18)14-17-8-7-9-19(15-17)21(4,5)6;1-20(2,3)18-13-11-16(12-14-18)15-17-9-7-8-10-19(17)21(4,5)6;1-13(2,3)11-7-9-12(10-8-11)14(4,5)6;1-13(2,3)11-8-7-9-12(10-11)14(4,5)6;1-13(2,3)11-9-7-8-10-12(11)14(4,5)6/h7-14H,15H2,1-6H3;7-12,14-15H,13H2,1-6H3;7-14H,15H2,1-6H3;7-13,15H,14H2,1-6H3;7-14H,15H2,1-6H3;3*7-10H,1-6H3. The molecule has 794 valence electrons. The lowest BCUT2D eigenvalue weighted by Gasteiger charge is -2.29. The summed E-state index contributed by atoms with van der Waals surface area (Å²) in [4.78, 5) is 0. The first-order valence-corrected chi connectivity index (χ1v) is 55.2. The monoisotopic (exact) mass is 1970 g/mol. The molecule has 0 unspecified atom stereocenters. The Kier molecular flexibility index (Phi) is 43.3. The summed E-state index contributed by atoms with van der Waals surface area (Å²) in [7, 11) is 0. The quantitative estimate of drug-likeness (QED) is 0.128. The molecule has 0 aliphatic rings. The summed E-state index contributed by atoms with van der Waals surface area (Å²) >= 11 is 0. The van der Waals surface area contributed by atoms with Crippen molar-refractivity contribution in [1.29, 1.82) is 0 Å². The minimum atomic E-state index is 0.188. The summed E-state index contributed by atoms with van der Waals surface area (Å²) < 4.78 is 0. The van der Waals surface area contributed by atoms with Gasteiger partial charge in [0.05, 0.1) is 0 Å². The van der Waals surface area contributed by atoms with Crippen LogP contribution in [0.2, 0.25) is 0 Å². The van der Waals surface area contributed by atoms with Crippen LogP contribution in [0.1, 0.15) is 477 Å². The fourth-order valence-corrected chi connectivity index (χ4v) is 18.0. The molecule has 0 aliphatic heterocycles. The van der Waals surface area contributed by atoms with E-state index in [2.05, 4.69) is 648 Å². The molecule has 0 fully saturated rings. The average molecular weight is 1970 g/mol. The Morgan fingerprint density at radius 3 is 0.449 bits per heavy atom. The predicted octanol–water partition coefficient (Wildman–Crippen LogP) is 42.2. The second kappa shape index (κ2) is 50.7. The smallest absolute Gasteiger partial charge is 0.00199 e. The Labute approximate surface area is 904 Å². The Morgan fingerprint density at radius 1 is 0.102 bits per heavy atom. The number of rotatable bonds is 10. The van der Waals surface area contributed by atoms with E-state index < -0.39 is 0 Å². The normalized spacial score (nSPS) is 12.6. The molecule has 0 amide bonds. The van der Waals surface area contributed by atoms with Gasteiger partial charge in [-0.05, 0) is 263 Å². The first kappa shape index (κ1) is 126. The van der Waals surface area contributed by atoms with Crippen LogP contribution in [-0.4, -0.2) is 0 Å². The molecule has 0 saturated carbocycles. The molecule has 0 heteroatoms. The van der Waals surface area contributed by atoms with E-state index in [1.54, 1.807) is 0 Å². The van der Waals surface area contributed by atoms with E-state index in [0.29, 0.717) is 0 Å². The van der Waals surface area contributed by atoms with Gasteiger partial charge in [-0.25, -0.2) is 0 Å². The fraction of sp³-hybridized carbons (Fsp3) is 0.469. The first-order valence-electron chi connectivity index (χ1n) is 55.2. The zero-order valence-corrected chi connectivity index (χ0v) is 103. The van der Waals surface area contributed by atoms with Crippen LogP contribution in [-0.2, 0) is 119 Å². The molecule has 13 rings (SSSR count). The Hall–Kier alpha value is -10.1. The minimum Gasteiger partial charge on any atom is -0.0620 e. The van der Waals surface area contributed by atoms with Crippen LogP contribution in [0.4, 0.5) is 0 Å². The highest BCUT2D eigenvalue weighted by molar-refractivity contribution is 5.46. The summed E-state index contributed by atoms with van der Waals surface area (Å²) in [5.41, 5.74) is 40.4. The second-order valence-corrected chi connectivity index (χ2v) is 58.4. The van der Waals surface area contributed by atoms with Gasteiger partial charge in [-0.15, -0.1) is 0 Å². The predicted molar refractivity (Wildman–Crippen MR) is 657 cm³/mol. The van der Waals surface area contributed by atoms with Crippen LogP contribution in [0.3, 0.4) is 0 Å². The van der Waals surface area contributed by atoms with Crippen molar-refractivity contribution in [3.63, 3.8) is 0 Å². The van der Waals surface area contributed by atoms with Crippen LogP contribution in [0.25, 0.3) is 0 Å². The maximum atomic E-state index is 2.35. The fourth-order valence-electron chi connectivity index (χ4n) is 18.0. The van der Waals surface area contributed by atoms with Crippen molar-refractivity contribution in [3.8, 4) is 0 Å². The van der Waals surface area contributed by atoms with E-state index >= 15 is 0 Å². The molecular weight excluding hydrogens is 1770 g/mol. The van der Waals surface area contributed by atoms with Crippen molar-refractivity contribution >= 4 is 0 Å².